The van der Waals surface area contributed by atoms with Crippen LogP contribution in [-0.4, -0.2) is 30.1 Å². The van der Waals surface area contributed by atoms with E-state index in [1.807, 2.05) is 24.3 Å². The first kappa shape index (κ1) is 19.1. The van der Waals surface area contributed by atoms with E-state index in [2.05, 4.69) is 34.8 Å². The number of methoxy groups -OCH3 is 1. The van der Waals surface area contributed by atoms with Gasteiger partial charge in [0.2, 0.25) is 5.91 Å². The summed E-state index contributed by atoms with van der Waals surface area (Å²) in [5, 5.41) is 3.10. The smallest absolute Gasteiger partial charge is 0.244 e. The standard InChI is InChI=1S/C19H26INO3/c1-14-3-7-16(8-4-14)21-19(22)10-6-15-5-9-17(24-12-11-20)18(13-15)23-2/h5-6,9-10,13-14,16H,3-4,7-8,11-12H2,1-2H3,(H,21,22)/b10-6+/t14-,16-. The van der Waals surface area contributed by atoms with Gasteiger partial charge in [-0.3, -0.25) is 4.79 Å². The second-order valence-electron chi connectivity index (χ2n) is 6.25. The van der Waals surface area contributed by atoms with Gasteiger partial charge >= 0.3 is 0 Å². The number of halogens is 1. The third kappa shape index (κ3) is 6.00. The molecule has 132 valence electrons. The minimum Gasteiger partial charge on any atom is -0.493 e. The second-order valence-corrected chi connectivity index (χ2v) is 7.33. The maximum absolute atomic E-state index is 12.1. The number of carbonyl (C=O) groups excluding carboxylic acids is 1. The van der Waals surface area contributed by atoms with Gasteiger partial charge in [-0.15, -0.1) is 0 Å². The summed E-state index contributed by atoms with van der Waals surface area (Å²) in [7, 11) is 1.62. The van der Waals surface area contributed by atoms with E-state index >= 15 is 0 Å². The highest BCUT2D eigenvalue weighted by molar-refractivity contribution is 14.1. The monoisotopic (exact) mass is 443 g/mol. The minimum atomic E-state index is -0.0289. The number of amides is 1. The summed E-state index contributed by atoms with van der Waals surface area (Å²) in [4.78, 5) is 12.1. The molecule has 2 rings (SSSR count). The first-order valence-corrected chi connectivity index (χ1v) is 10.00. The Hall–Kier alpha value is -1.24. The molecule has 1 aromatic rings. The van der Waals surface area contributed by atoms with Crippen molar-refractivity contribution < 1.29 is 14.3 Å². The Labute approximate surface area is 158 Å². The summed E-state index contributed by atoms with van der Waals surface area (Å²) < 4.78 is 11.9. The van der Waals surface area contributed by atoms with Crippen molar-refractivity contribution in [1.29, 1.82) is 0 Å². The maximum atomic E-state index is 12.1. The Morgan fingerprint density at radius 2 is 2.04 bits per heavy atom. The van der Waals surface area contributed by atoms with Crippen molar-refractivity contribution in [3.05, 3.63) is 29.8 Å². The van der Waals surface area contributed by atoms with Gasteiger partial charge in [0.25, 0.3) is 0 Å². The molecule has 24 heavy (non-hydrogen) atoms. The topological polar surface area (TPSA) is 47.6 Å². The molecule has 4 nitrogen and oxygen atoms in total. The van der Waals surface area contributed by atoms with E-state index in [-0.39, 0.29) is 5.91 Å². The van der Waals surface area contributed by atoms with Crippen LogP contribution in [0.1, 0.15) is 38.2 Å². The largest absolute Gasteiger partial charge is 0.493 e. The fourth-order valence-electron chi connectivity index (χ4n) is 2.88. The minimum absolute atomic E-state index is 0.0289. The number of ether oxygens (including phenoxy) is 2. The van der Waals surface area contributed by atoms with Crippen molar-refractivity contribution in [1.82, 2.24) is 5.32 Å². The predicted molar refractivity (Wildman–Crippen MR) is 106 cm³/mol. The Morgan fingerprint density at radius 1 is 1.29 bits per heavy atom. The van der Waals surface area contributed by atoms with Gasteiger partial charge in [-0.1, -0.05) is 35.6 Å². The third-order valence-corrected chi connectivity index (χ3v) is 4.75. The number of rotatable bonds is 7. The SMILES string of the molecule is COc1cc(/C=C/C(=O)N[C@H]2CC[C@H](C)CC2)ccc1OCCI. The van der Waals surface area contributed by atoms with Crippen molar-refractivity contribution in [2.24, 2.45) is 5.92 Å². The molecule has 1 aromatic carbocycles. The van der Waals surface area contributed by atoms with Crippen LogP contribution in [0.25, 0.3) is 6.08 Å². The van der Waals surface area contributed by atoms with E-state index in [9.17, 15) is 4.79 Å². The average molecular weight is 443 g/mol. The maximum Gasteiger partial charge on any atom is 0.244 e. The van der Waals surface area contributed by atoms with E-state index in [4.69, 9.17) is 9.47 Å². The van der Waals surface area contributed by atoms with Crippen LogP contribution in [0.5, 0.6) is 11.5 Å². The predicted octanol–water partition coefficient (Wildman–Crippen LogP) is 4.22. The molecule has 1 amide bonds. The lowest BCUT2D eigenvalue weighted by Crippen LogP contribution is -2.36. The number of carbonyl (C=O) groups is 1. The first-order valence-electron chi connectivity index (χ1n) is 8.47. The van der Waals surface area contributed by atoms with Gasteiger partial charge in [-0.25, -0.2) is 0 Å². The number of benzene rings is 1. The molecule has 0 spiro atoms. The van der Waals surface area contributed by atoms with Gasteiger partial charge in [-0.05, 0) is 55.4 Å². The molecule has 0 bridgehead atoms. The van der Waals surface area contributed by atoms with Gasteiger partial charge in [0.15, 0.2) is 11.5 Å². The number of nitrogens with one attached hydrogen (secondary N) is 1. The summed E-state index contributed by atoms with van der Waals surface area (Å²) in [6, 6.07) is 6.01. The molecule has 1 saturated carbocycles. The van der Waals surface area contributed by atoms with Crippen molar-refractivity contribution in [2.75, 3.05) is 18.1 Å². The van der Waals surface area contributed by atoms with E-state index in [1.54, 1.807) is 13.2 Å². The highest BCUT2D eigenvalue weighted by Crippen LogP contribution is 2.28. The van der Waals surface area contributed by atoms with Crippen LogP contribution in [0.4, 0.5) is 0 Å². The Balaban J connectivity index is 1.91. The lowest BCUT2D eigenvalue weighted by atomic mass is 9.87. The van der Waals surface area contributed by atoms with Crippen LogP contribution in [0.3, 0.4) is 0 Å². The normalized spacial score (nSPS) is 20.8. The first-order chi connectivity index (χ1) is 11.6. The van der Waals surface area contributed by atoms with Gasteiger partial charge in [0.1, 0.15) is 0 Å². The molecule has 1 aliphatic carbocycles. The second kappa shape index (κ2) is 9.91. The zero-order chi connectivity index (χ0) is 17.4. The van der Waals surface area contributed by atoms with Crippen LogP contribution >= 0.6 is 22.6 Å². The fraction of sp³-hybridized carbons (Fsp3) is 0.526. The molecule has 0 radical (unpaired) electrons. The van der Waals surface area contributed by atoms with Crippen molar-refractivity contribution in [3.8, 4) is 11.5 Å². The summed E-state index contributed by atoms with van der Waals surface area (Å²) in [6.07, 6.45) is 7.97. The molecule has 1 aliphatic rings. The van der Waals surface area contributed by atoms with Crippen molar-refractivity contribution >= 4 is 34.6 Å². The molecule has 0 atom stereocenters. The van der Waals surface area contributed by atoms with Gasteiger partial charge in [0.05, 0.1) is 13.7 Å². The summed E-state index contributed by atoms with van der Waals surface area (Å²) >= 11 is 2.27. The van der Waals surface area contributed by atoms with E-state index < -0.39 is 0 Å². The zero-order valence-electron chi connectivity index (χ0n) is 14.4. The van der Waals surface area contributed by atoms with Gasteiger partial charge < -0.3 is 14.8 Å². The Bertz CT molecular complexity index is 566. The molecule has 1 N–H and O–H groups in total. The average Bonchev–Trinajstić information content (AvgIpc) is 2.60. The van der Waals surface area contributed by atoms with Crippen molar-refractivity contribution in [3.63, 3.8) is 0 Å². The van der Waals surface area contributed by atoms with Crippen LogP contribution in [0, 0.1) is 5.92 Å². The molecular formula is C19H26INO3. The molecule has 0 unspecified atom stereocenters. The summed E-state index contributed by atoms with van der Waals surface area (Å²) in [6.45, 7) is 2.92. The highest BCUT2D eigenvalue weighted by Gasteiger charge is 2.18. The summed E-state index contributed by atoms with van der Waals surface area (Å²) in [5.41, 5.74) is 0.918. The highest BCUT2D eigenvalue weighted by atomic mass is 127. The quantitative estimate of drug-likeness (QED) is 0.390. The molecule has 0 aromatic heterocycles. The molecule has 0 saturated heterocycles. The van der Waals surface area contributed by atoms with E-state index in [1.165, 1.54) is 12.8 Å². The van der Waals surface area contributed by atoms with Crippen molar-refractivity contribution in [2.45, 2.75) is 38.6 Å². The number of hydrogen-bond acceptors (Lipinski definition) is 3. The zero-order valence-corrected chi connectivity index (χ0v) is 16.5. The van der Waals surface area contributed by atoms with Crippen LogP contribution < -0.4 is 14.8 Å². The lowest BCUT2D eigenvalue weighted by Gasteiger charge is -2.26. The molecule has 5 heteroatoms. The molecule has 0 aliphatic heterocycles. The third-order valence-electron chi connectivity index (χ3n) is 4.31. The van der Waals surface area contributed by atoms with Gasteiger partial charge in [-0.2, -0.15) is 0 Å². The molecule has 1 fully saturated rings. The number of hydrogen-bond donors (Lipinski definition) is 1. The van der Waals surface area contributed by atoms with E-state index in [0.29, 0.717) is 18.4 Å². The molecular weight excluding hydrogens is 417 g/mol. The van der Waals surface area contributed by atoms with Gasteiger partial charge in [0, 0.05) is 16.5 Å². The molecule has 0 heterocycles. The fourth-order valence-corrected chi connectivity index (χ4v) is 3.10. The Morgan fingerprint density at radius 3 is 2.71 bits per heavy atom. The van der Waals surface area contributed by atoms with E-state index in [0.717, 1.165) is 34.5 Å². The lowest BCUT2D eigenvalue weighted by molar-refractivity contribution is -0.117. The van der Waals surface area contributed by atoms with Crippen LogP contribution in [-0.2, 0) is 4.79 Å². The van der Waals surface area contributed by atoms with Crippen LogP contribution in [0.2, 0.25) is 0 Å². The summed E-state index contributed by atoms with van der Waals surface area (Å²) in [5.74, 6) is 2.17. The number of alkyl halides is 1. The van der Waals surface area contributed by atoms with Crippen LogP contribution in [0.15, 0.2) is 24.3 Å². The Kier molecular flexibility index (Phi) is 7.88.